The predicted octanol–water partition coefficient (Wildman–Crippen LogP) is 4.59. The van der Waals surface area contributed by atoms with Gasteiger partial charge in [0.05, 0.1) is 0 Å². The molecule has 1 aromatic carbocycles. The Morgan fingerprint density at radius 3 is 2.60 bits per heavy atom. The minimum Gasteiger partial charge on any atom is -0.123 e. The highest BCUT2D eigenvalue weighted by Crippen LogP contribution is 2.39. The van der Waals surface area contributed by atoms with E-state index in [0.29, 0.717) is 11.3 Å². The monoisotopic (exact) mass is 222 g/mol. The van der Waals surface area contributed by atoms with E-state index >= 15 is 0 Å². The van der Waals surface area contributed by atoms with Crippen molar-refractivity contribution in [2.24, 2.45) is 5.92 Å². The number of halogens is 1. The van der Waals surface area contributed by atoms with Gasteiger partial charge in [0.25, 0.3) is 0 Å². The maximum absolute atomic E-state index is 6.34. The Kier molecular flexibility index (Phi) is 3.69. The molecular weight excluding hydrogens is 204 g/mol. The van der Waals surface area contributed by atoms with Crippen LogP contribution in [0.1, 0.15) is 44.1 Å². The molecule has 1 saturated carbocycles. The van der Waals surface area contributed by atoms with E-state index in [4.69, 9.17) is 11.6 Å². The zero-order valence-electron chi connectivity index (χ0n) is 9.33. The van der Waals surface area contributed by atoms with Gasteiger partial charge in [0.1, 0.15) is 0 Å². The van der Waals surface area contributed by atoms with Crippen molar-refractivity contribution < 1.29 is 0 Å². The van der Waals surface area contributed by atoms with Gasteiger partial charge in [-0.25, -0.2) is 0 Å². The Balaban J connectivity index is 2.06. The minimum atomic E-state index is 0.412. The Morgan fingerprint density at radius 2 is 1.93 bits per heavy atom. The highest BCUT2D eigenvalue weighted by Gasteiger charge is 2.28. The van der Waals surface area contributed by atoms with Gasteiger partial charge in [-0.2, -0.15) is 0 Å². The zero-order chi connectivity index (χ0) is 10.7. The second-order valence-corrected chi connectivity index (χ2v) is 5.17. The van der Waals surface area contributed by atoms with Gasteiger partial charge in [0.2, 0.25) is 0 Å². The molecule has 3 atom stereocenters. The first-order chi connectivity index (χ1) is 7.31. The van der Waals surface area contributed by atoms with Crippen molar-refractivity contribution in [1.29, 1.82) is 0 Å². The third-order valence-corrected chi connectivity index (χ3v) is 4.26. The molecule has 0 amide bonds. The first-order valence-electron chi connectivity index (χ1n) is 6.00. The van der Waals surface area contributed by atoms with Crippen LogP contribution in [-0.2, 0) is 0 Å². The van der Waals surface area contributed by atoms with Crippen molar-refractivity contribution in [2.45, 2.75) is 43.9 Å². The lowest BCUT2D eigenvalue weighted by atomic mass is 9.77. The number of benzene rings is 1. The van der Waals surface area contributed by atoms with E-state index in [-0.39, 0.29) is 0 Å². The van der Waals surface area contributed by atoms with Crippen LogP contribution in [-0.4, -0.2) is 5.38 Å². The van der Waals surface area contributed by atoms with Crippen molar-refractivity contribution in [1.82, 2.24) is 0 Å². The van der Waals surface area contributed by atoms with Gasteiger partial charge in [0, 0.05) is 5.38 Å². The van der Waals surface area contributed by atoms with Gasteiger partial charge < -0.3 is 0 Å². The van der Waals surface area contributed by atoms with E-state index in [1.165, 1.54) is 31.2 Å². The van der Waals surface area contributed by atoms with Crippen LogP contribution in [0.5, 0.6) is 0 Å². The van der Waals surface area contributed by atoms with Crippen LogP contribution in [0.2, 0.25) is 0 Å². The lowest BCUT2D eigenvalue weighted by molar-refractivity contribution is 0.321. The zero-order valence-corrected chi connectivity index (χ0v) is 10.1. The Bertz CT molecular complexity index is 293. The molecule has 1 heteroatoms. The normalized spacial score (nSPS) is 31.5. The first-order valence-corrected chi connectivity index (χ1v) is 6.44. The molecule has 82 valence electrons. The van der Waals surface area contributed by atoms with Crippen molar-refractivity contribution in [3.63, 3.8) is 0 Å². The van der Waals surface area contributed by atoms with Crippen LogP contribution in [0.3, 0.4) is 0 Å². The van der Waals surface area contributed by atoms with Crippen molar-refractivity contribution in [3.8, 4) is 0 Å². The largest absolute Gasteiger partial charge is 0.123 e. The summed E-state index contributed by atoms with van der Waals surface area (Å²) in [5.74, 6) is 1.46. The summed E-state index contributed by atoms with van der Waals surface area (Å²) in [6, 6.07) is 10.9. The molecule has 15 heavy (non-hydrogen) atoms. The van der Waals surface area contributed by atoms with E-state index in [2.05, 4.69) is 37.3 Å². The van der Waals surface area contributed by atoms with Gasteiger partial charge in [-0.15, -0.1) is 11.6 Å². The molecule has 3 unspecified atom stereocenters. The third kappa shape index (κ3) is 2.55. The molecule has 1 aliphatic rings. The highest BCUT2D eigenvalue weighted by atomic mass is 35.5. The lowest BCUT2D eigenvalue weighted by Crippen LogP contribution is -2.23. The molecule has 1 fully saturated rings. The quantitative estimate of drug-likeness (QED) is 0.643. The number of alkyl halides is 1. The number of hydrogen-bond acceptors (Lipinski definition) is 0. The summed E-state index contributed by atoms with van der Waals surface area (Å²) in [4.78, 5) is 0. The van der Waals surface area contributed by atoms with Crippen LogP contribution >= 0.6 is 11.6 Å². The third-order valence-electron chi connectivity index (χ3n) is 3.69. The molecular formula is C14H19Cl. The summed E-state index contributed by atoms with van der Waals surface area (Å²) in [7, 11) is 0. The molecule has 1 aliphatic carbocycles. The molecule has 2 rings (SSSR count). The summed E-state index contributed by atoms with van der Waals surface area (Å²) < 4.78 is 0. The van der Waals surface area contributed by atoms with E-state index in [1.54, 1.807) is 0 Å². The Hall–Kier alpha value is -0.490. The summed E-state index contributed by atoms with van der Waals surface area (Å²) in [6.07, 6.45) is 4.93. The van der Waals surface area contributed by atoms with E-state index in [9.17, 15) is 0 Å². The van der Waals surface area contributed by atoms with Gasteiger partial charge in [0.15, 0.2) is 0 Å². The van der Waals surface area contributed by atoms with Gasteiger partial charge in [-0.05, 0) is 36.7 Å². The second-order valence-electron chi connectivity index (χ2n) is 4.60. The van der Waals surface area contributed by atoms with E-state index in [0.717, 1.165) is 5.92 Å². The summed E-state index contributed by atoms with van der Waals surface area (Å²) in [5.41, 5.74) is 1.50. The summed E-state index contributed by atoms with van der Waals surface area (Å²) in [5, 5.41) is 0.412. The van der Waals surface area contributed by atoms with Gasteiger partial charge in [-0.3, -0.25) is 0 Å². The Labute approximate surface area is 97.6 Å². The smallest absolute Gasteiger partial charge is 0.0364 e. The average Bonchev–Trinajstić information content (AvgIpc) is 2.31. The Morgan fingerprint density at radius 1 is 1.20 bits per heavy atom. The summed E-state index contributed by atoms with van der Waals surface area (Å²) >= 11 is 6.34. The topological polar surface area (TPSA) is 0 Å². The van der Waals surface area contributed by atoms with Gasteiger partial charge >= 0.3 is 0 Å². The molecule has 0 heterocycles. The molecule has 0 N–H and O–H groups in total. The van der Waals surface area contributed by atoms with Crippen molar-refractivity contribution in [2.75, 3.05) is 0 Å². The summed E-state index contributed by atoms with van der Waals surface area (Å²) in [6.45, 7) is 2.26. The van der Waals surface area contributed by atoms with Crippen LogP contribution in [0.25, 0.3) is 0 Å². The predicted molar refractivity (Wildman–Crippen MR) is 66.5 cm³/mol. The molecule has 0 aromatic heterocycles. The van der Waals surface area contributed by atoms with Crippen molar-refractivity contribution >= 4 is 11.6 Å². The standard InChI is InChI=1S/C14H19Cl/c1-2-11-10-13(8-9-14(11)15)12-6-4-3-5-7-12/h3-7,11,13-14H,2,8-10H2,1H3. The van der Waals surface area contributed by atoms with E-state index < -0.39 is 0 Å². The molecule has 0 saturated heterocycles. The van der Waals surface area contributed by atoms with E-state index in [1.807, 2.05) is 0 Å². The molecule has 0 spiro atoms. The van der Waals surface area contributed by atoms with Crippen LogP contribution in [0, 0.1) is 5.92 Å². The average molecular weight is 223 g/mol. The van der Waals surface area contributed by atoms with Crippen molar-refractivity contribution in [3.05, 3.63) is 35.9 Å². The van der Waals surface area contributed by atoms with Crippen LogP contribution in [0.15, 0.2) is 30.3 Å². The highest BCUT2D eigenvalue weighted by molar-refractivity contribution is 6.20. The molecule has 0 radical (unpaired) electrons. The molecule has 0 bridgehead atoms. The van der Waals surface area contributed by atoms with Gasteiger partial charge in [-0.1, -0.05) is 43.7 Å². The fraction of sp³-hybridized carbons (Fsp3) is 0.571. The van der Waals surface area contributed by atoms with Crippen LogP contribution in [0.4, 0.5) is 0 Å². The molecule has 1 aromatic rings. The SMILES string of the molecule is CCC1CC(c2ccccc2)CCC1Cl. The fourth-order valence-electron chi connectivity index (χ4n) is 2.68. The maximum atomic E-state index is 6.34. The first kappa shape index (κ1) is 11.0. The fourth-order valence-corrected chi connectivity index (χ4v) is 3.08. The second kappa shape index (κ2) is 5.03. The van der Waals surface area contributed by atoms with Crippen LogP contribution < -0.4 is 0 Å². The number of hydrogen-bond donors (Lipinski definition) is 0. The lowest BCUT2D eigenvalue weighted by Gasteiger charge is -2.32. The molecule has 0 aliphatic heterocycles. The minimum absolute atomic E-state index is 0.412. The molecule has 0 nitrogen and oxygen atoms in total. The number of rotatable bonds is 2. The maximum Gasteiger partial charge on any atom is 0.0364 e.